The van der Waals surface area contributed by atoms with E-state index in [0.717, 1.165) is 25.2 Å². The molecule has 0 radical (unpaired) electrons. The second-order valence-corrected chi connectivity index (χ2v) is 12.4. The summed E-state index contributed by atoms with van der Waals surface area (Å²) in [4.78, 5) is 38.9. The van der Waals surface area contributed by atoms with Crippen molar-refractivity contribution in [2.75, 3.05) is 43.4 Å². The van der Waals surface area contributed by atoms with E-state index in [1.165, 1.54) is 12.3 Å². The molecule has 1 heterocycles. The van der Waals surface area contributed by atoms with Gasteiger partial charge in [-0.05, 0) is 105 Å². The minimum Gasteiger partial charge on any atom is -0.465 e. The number of benzene rings is 3. The molecule has 1 unspecified atom stereocenters. The quantitative estimate of drug-likeness (QED) is 0.141. The smallest absolute Gasteiger partial charge is 0.416 e. The third-order valence-corrected chi connectivity index (χ3v) is 8.67. The molecule has 0 aliphatic carbocycles. The van der Waals surface area contributed by atoms with Gasteiger partial charge in [0.25, 0.3) is 5.91 Å². The number of carbonyl (C=O) groups excluding carboxylic acids is 1. The second kappa shape index (κ2) is 16.0. The van der Waals surface area contributed by atoms with Crippen molar-refractivity contribution in [3.8, 4) is 0 Å². The standard InChI is InChI=1S/C37H40F6N6O3/c1-7-48(8-2)16-15-47(6)33(50)25-9-11-29(12-10-25)45-34-44-14-13-30(46-34)49(35(51)52)32(31-23(4)17-22(3)18-24(31)5)26-19-27(36(38,39)40)21-28(20-26)37(41,42)43/h9-14,17-21,32H,7-8,15-16H2,1-6H3,(H,51,52)(H,44,45,46). The van der Waals surface area contributed by atoms with E-state index < -0.39 is 41.2 Å². The molecule has 0 saturated heterocycles. The van der Waals surface area contributed by atoms with E-state index in [1.807, 2.05) is 13.8 Å². The van der Waals surface area contributed by atoms with Crippen molar-refractivity contribution in [3.63, 3.8) is 0 Å². The number of amides is 2. The van der Waals surface area contributed by atoms with Gasteiger partial charge in [-0.15, -0.1) is 0 Å². The van der Waals surface area contributed by atoms with Crippen LogP contribution in [0.15, 0.2) is 66.9 Å². The SMILES string of the molecule is CCN(CC)CCN(C)C(=O)c1ccc(Nc2nccc(N(C(=O)O)C(c3cc(C(F)(F)F)cc(C(F)(F)F)c3)c3c(C)cc(C)cc3C)n2)cc1. The van der Waals surface area contributed by atoms with Crippen molar-refractivity contribution in [1.82, 2.24) is 19.8 Å². The summed E-state index contributed by atoms with van der Waals surface area (Å²) < 4.78 is 84.0. The highest BCUT2D eigenvalue weighted by Gasteiger charge is 2.40. The highest BCUT2D eigenvalue weighted by molar-refractivity contribution is 5.94. The Morgan fingerprint density at radius 2 is 1.38 bits per heavy atom. The number of aromatic nitrogens is 2. The molecule has 0 saturated carbocycles. The lowest BCUT2D eigenvalue weighted by molar-refractivity contribution is -0.143. The summed E-state index contributed by atoms with van der Waals surface area (Å²) in [5, 5.41) is 13.5. The molecule has 1 atom stereocenters. The van der Waals surface area contributed by atoms with Gasteiger partial charge >= 0.3 is 18.4 Å². The lowest BCUT2D eigenvalue weighted by atomic mass is 9.87. The average Bonchev–Trinajstić information content (AvgIpc) is 3.06. The van der Waals surface area contributed by atoms with Gasteiger partial charge in [0.2, 0.25) is 5.95 Å². The van der Waals surface area contributed by atoms with Crippen LogP contribution in [0.2, 0.25) is 0 Å². The Morgan fingerprint density at radius 1 is 0.827 bits per heavy atom. The third-order valence-electron chi connectivity index (χ3n) is 8.67. The van der Waals surface area contributed by atoms with Gasteiger partial charge in [0.05, 0.1) is 17.2 Å². The molecule has 3 aromatic carbocycles. The number of hydrogen-bond acceptors (Lipinski definition) is 6. The third kappa shape index (κ3) is 9.37. The number of aryl methyl sites for hydroxylation is 3. The van der Waals surface area contributed by atoms with Crippen LogP contribution in [0.25, 0.3) is 0 Å². The molecule has 0 spiro atoms. The zero-order chi connectivity index (χ0) is 38.5. The number of nitrogens with zero attached hydrogens (tertiary/aromatic N) is 5. The Labute approximate surface area is 297 Å². The van der Waals surface area contributed by atoms with Crippen molar-refractivity contribution in [1.29, 1.82) is 0 Å². The first-order chi connectivity index (χ1) is 24.3. The molecular weight excluding hydrogens is 690 g/mol. The van der Waals surface area contributed by atoms with Gasteiger partial charge in [0.15, 0.2) is 0 Å². The molecule has 0 bridgehead atoms. The number of rotatable bonds is 12. The largest absolute Gasteiger partial charge is 0.465 e. The summed E-state index contributed by atoms with van der Waals surface area (Å²) in [7, 11) is 1.71. The summed E-state index contributed by atoms with van der Waals surface area (Å²) in [6.07, 6.45) is -10.8. The van der Waals surface area contributed by atoms with E-state index in [1.54, 1.807) is 69.1 Å². The maximum atomic E-state index is 14.0. The van der Waals surface area contributed by atoms with Crippen LogP contribution < -0.4 is 10.2 Å². The number of nitrogens with one attached hydrogen (secondary N) is 1. The fourth-order valence-electron chi connectivity index (χ4n) is 6.07. The van der Waals surface area contributed by atoms with E-state index in [2.05, 4.69) is 20.2 Å². The fourth-order valence-corrected chi connectivity index (χ4v) is 6.07. The van der Waals surface area contributed by atoms with Gasteiger partial charge in [0.1, 0.15) is 5.82 Å². The molecule has 4 aromatic rings. The number of alkyl halides is 6. The zero-order valence-corrected chi connectivity index (χ0v) is 29.5. The zero-order valence-electron chi connectivity index (χ0n) is 29.5. The number of anilines is 3. The predicted octanol–water partition coefficient (Wildman–Crippen LogP) is 8.87. The van der Waals surface area contributed by atoms with Crippen LogP contribution >= 0.6 is 0 Å². The van der Waals surface area contributed by atoms with Crippen LogP contribution in [0.5, 0.6) is 0 Å². The van der Waals surface area contributed by atoms with Crippen LogP contribution in [-0.2, 0) is 12.4 Å². The molecule has 2 N–H and O–H groups in total. The van der Waals surface area contributed by atoms with Crippen molar-refractivity contribution in [3.05, 3.63) is 111 Å². The summed E-state index contributed by atoms with van der Waals surface area (Å²) in [6.45, 7) is 12.0. The van der Waals surface area contributed by atoms with Crippen molar-refractivity contribution in [2.24, 2.45) is 0 Å². The van der Waals surface area contributed by atoms with Crippen LogP contribution in [-0.4, -0.2) is 70.1 Å². The molecule has 2 amide bonds. The first kappa shape index (κ1) is 39.6. The number of carbonyl (C=O) groups is 2. The van der Waals surface area contributed by atoms with E-state index in [9.17, 15) is 41.0 Å². The van der Waals surface area contributed by atoms with Crippen molar-refractivity contribution >= 4 is 29.5 Å². The second-order valence-electron chi connectivity index (χ2n) is 12.4. The van der Waals surface area contributed by atoms with E-state index in [4.69, 9.17) is 0 Å². The molecular formula is C37H40F6N6O3. The minimum absolute atomic E-state index is 0.00354. The van der Waals surface area contributed by atoms with E-state index in [-0.39, 0.29) is 29.3 Å². The first-order valence-corrected chi connectivity index (χ1v) is 16.4. The average molecular weight is 731 g/mol. The molecule has 1 aromatic heterocycles. The Morgan fingerprint density at radius 3 is 1.88 bits per heavy atom. The van der Waals surface area contributed by atoms with Crippen molar-refractivity contribution in [2.45, 2.75) is 53.0 Å². The predicted molar refractivity (Wildman–Crippen MR) is 186 cm³/mol. The molecule has 0 aliphatic heterocycles. The van der Waals surface area contributed by atoms with Gasteiger partial charge in [-0.25, -0.2) is 14.7 Å². The summed E-state index contributed by atoms with van der Waals surface area (Å²) >= 11 is 0. The molecule has 0 fully saturated rings. The Bertz CT molecular complexity index is 1840. The highest BCUT2D eigenvalue weighted by Crippen LogP contribution is 2.42. The lowest BCUT2D eigenvalue weighted by Crippen LogP contribution is -2.36. The Balaban J connectivity index is 1.76. The summed E-state index contributed by atoms with van der Waals surface area (Å²) in [5.41, 5.74) is -1.05. The molecule has 278 valence electrons. The van der Waals surface area contributed by atoms with Crippen LogP contribution in [0.1, 0.15) is 69.2 Å². The van der Waals surface area contributed by atoms with Crippen LogP contribution in [0.4, 0.5) is 48.6 Å². The summed E-state index contributed by atoms with van der Waals surface area (Å²) in [6, 6.07) is 10.3. The Kier molecular flexibility index (Phi) is 12.2. The number of carboxylic acid groups (broad SMARTS) is 1. The number of halogens is 6. The van der Waals surface area contributed by atoms with Crippen molar-refractivity contribution < 1.29 is 41.0 Å². The topological polar surface area (TPSA) is 102 Å². The minimum atomic E-state index is -5.17. The molecule has 0 aliphatic rings. The molecule has 4 rings (SSSR count). The van der Waals surface area contributed by atoms with Gasteiger partial charge in [0, 0.05) is 37.6 Å². The molecule has 9 nitrogen and oxygen atoms in total. The van der Waals surface area contributed by atoms with Gasteiger partial charge in [-0.2, -0.15) is 31.3 Å². The van der Waals surface area contributed by atoms with E-state index >= 15 is 0 Å². The number of hydrogen-bond donors (Lipinski definition) is 2. The lowest BCUT2D eigenvalue weighted by Gasteiger charge is -2.32. The number of likely N-dealkylation sites (N-methyl/N-ethyl adjacent to an activating group) is 2. The van der Waals surface area contributed by atoms with Gasteiger partial charge < -0.3 is 20.2 Å². The van der Waals surface area contributed by atoms with E-state index in [0.29, 0.717) is 46.0 Å². The molecule has 52 heavy (non-hydrogen) atoms. The monoisotopic (exact) mass is 730 g/mol. The maximum Gasteiger partial charge on any atom is 0.416 e. The Hall–Kier alpha value is -5.18. The molecule has 15 heteroatoms. The normalized spacial score (nSPS) is 12.5. The van der Waals surface area contributed by atoms with Crippen LogP contribution in [0, 0.1) is 20.8 Å². The van der Waals surface area contributed by atoms with Gasteiger partial charge in [-0.3, -0.25) is 4.79 Å². The van der Waals surface area contributed by atoms with Crippen LogP contribution in [0.3, 0.4) is 0 Å². The fraction of sp³-hybridized carbons (Fsp3) is 0.351. The first-order valence-electron chi connectivity index (χ1n) is 16.4. The van der Waals surface area contributed by atoms with Gasteiger partial charge in [-0.1, -0.05) is 31.5 Å². The summed E-state index contributed by atoms with van der Waals surface area (Å²) in [5.74, 6) is -0.623. The maximum absolute atomic E-state index is 14.0. The highest BCUT2D eigenvalue weighted by atomic mass is 19.4.